The summed E-state index contributed by atoms with van der Waals surface area (Å²) in [7, 11) is -4.45. The number of oxazole rings is 1. The zero-order valence-corrected chi connectivity index (χ0v) is 19.2. The first kappa shape index (κ1) is 23.5. The fourth-order valence-electron chi connectivity index (χ4n) is 3.84. The lowest BCUT2D eigenvalue weighted by Crippen LogP contribution is -2.38. The van der Waals surface area contributed by atoms with Crippen LogP contribution in [0.2, 0.25) is 5.02 Å². The van der Waals surface area contributed by atoms with Crippen LogP contribution in [0.5, 0.6) is 5.75 Å². The molecular weight excluding hydrogens is 476 g/mol. The van der Waals surface area contributed by atoms with Crippen LogP contribution in [0.1, 0.15) is 23.7 Å². The van der Waals surface area contributed by atoms with Crippen LogP contribution in [0.25, 0.3) is 0 Å². The summed E-state index contributed by atoms with van der Waals surface area (Å²) in [4.78, 5) is 2.83. The van der Waals surface area contributed by atoms with Crippen molar-refractivity contribution < 1.29 is 26.4 Å². The second-order valence-corrected chi connectivity index (χ2v) is 9.90. The molecule has 2 atom stereocenters. The maximum atomic E-state index is 14.7. The Morgan fingerprint density at radius 1 is 1.24 bits per heavy atom. The molecule has 0 bridgehead atoms. The molecule has 0 amide bonds. The Morgan fingerprint density at radius 3 is 2.70 bits per heavy atom. The van der Waals surface area contributed by atoms with Gasteiger partial charge in [-0.05, 0) is 43.5 Å². The normalized spacial score (nSPS) is 18.8. The average Bonchev–Trinajstić information content (AvgIpc) is 3.18. The zero-order valence-electron chi connectivity index (χ0n) is 17.6. The number of rotatable bonds is 7. The van der Waals surface area contributed by atoms with E-state index in [1.807, 2.05) is 29.0 Å². The summed E-state index contributed by atoms with van der Waals surface area (Å²) in [5, 5.41) is 3.93. The molecule has 1 aliphatic rings. The number of aryl methyl sites for hydroxylation is 1. The largest absolute Gasteiger partial charge is 0.490 e. The second kappa shape index (κ2) is 9.66. The van der Waals surface area contributed by atoms with Crippen LogP contribution in [0.3, 0.4) is 0 Å². The Kier molecular flexibility index (Phi) is 6.87. The molecule has 2 heterocycles. The Morgan fingerprint density at radius 2 is 2.00 bits per heavy atom. The van der Waals surface area contributed by atoms with Crippen LogP contribution in [-0.4, -0.2) is 33.1 Å². The molecular formula is C22H22ClF2N3O4S. The number of nitrogens with zero attached hydrogens (tertiary/aromatic N) is 1. The van der Waals surface area contributed by atoms with Crippen molar-refractivity contribution >= 4 is 27.6 Å². The summed E-state index contributed by atoms with van der Waals surface area (Å²) in [6, 6.07) is 8.51. The summed E-state index contributed by atoms with van der Waals surface area (Å²) in [6.07, 6.45) is 2.15. The van der Waals surface area contributed by atoms with Gasteiger partial charge in [0.1, 0.15) is 16.5 Å². The highest BCUT2D eigenvalue weighted by Gasteiger charge is 2.28. The number of hydrogen-bond acceptors (Lipinski definition) is 6. The summed E-state index contributed by atoms with van der Waals surface area (Å²) in [5.74, 6) is -1.99. The lowest BCUT2D eigenvalue weighted by Gasteiger charge is -2.32. The van der Waals surface area contributed by atoms with Gasteiger partial charge in [0, 0.05) is 29.6 Å². The Labute approximate surface area is 195 Å². The molecule has 0 aliphatic carbocycles. The number of anilines is 1. The van der Waals surface area contributed by atoms with Gasteiger partial charge in [-0.2, -0.15) is 0 Å². The second-order valence-electron chi connectivity index (χ2n) is 7.82. The summed E-state index contributed by atoms with van der Waals surface area (Å²) < 4.78 is 66.8. The number of ether oxygens (including phenoxy) is 1. The zero-order chi connectivity index (χ0) is 23.6. The third kappa shape index (κ3) is 5.45. The number of sulfonamides is 1. The van der Waals surface area contributed by atoms with E-state index in [9.17, 15) is 17.2 Å². The van der Waals surface area contributed by atoms with Gasteiger partial charge in [-0.25, -0.2) is 26.9 Å². The van der Waals surface area contributed by atoms with Gasteiger partial charge in [-0.15, -0.1) is 0 Å². The summed E-state index contributed by atoms with van der Waals surface area (Å²) >= 11 is 5.98. The van der Waals surface area contributed by atoms with E-state index in [1.54, 1.807) is 6.92 Å². The molecule has 1 unspecified atom stereocenters. The van der Waals surface area contributed by atoms with E-state index in [-0.39, 0.29) is 30.2 Å². The Hall–Kier alpha value is -2.69. The fourth-order valence-corrected chi connectivity index (χ4v) is 4.98. The molecule has 0 radical (unpaired) electrons. The molecule has 1 aliphatic heterocycles. The van der Waals surface area contributed by atoms with Crippen molar-refractivity contribution in [2.24, 2.45) is 5.92 Å². The number of hydrogen-bond donors (Lipinski definition) is 2. The highest BCUT2D eigenvalue weighted by atomic mass is 35.5. The lowest BCUT2D eigenvalue weighted by molar-refractivity contribution is 0.190. The molecule has 1 saturated heterocycles. The van der Waals surface area contributed by atoms with Crippen molar-refractivity contribution in [1.82, 2.24) is 10.3 Å². The summed E-state index contributed by atoms with van der Waals surface area (Å²) in [6.45, 7) is 3.16. The van der Waals surface area contributed by atoms with Crippen molar-refractivity contribution in [3.05, 3.63) is 70.6 Å². The SMILES string of the molecule is Cc1cnc(NS(=O)(=O)c2cc(F)c(OC[C@@H]3CNCCC3c3ccc(Cl)cc3)cc2F)o1. The van der Waals surface area contributed by atoms with E-state index in [4.69, 9.17) is 20.8 Å². The first-order valence-electron chi connectivity index (χ1n) is 10.3. The minimum absolute atomic E-state index is 0.000675. The van der Waals surface area contributed by atoms with Crippen molar-refractivity contribution in [3.8, 4) is 5.75 Å². The van der Waals surface area contributed by atoms with Crippen molar-refractivity contribution in [2.45, 2.75) is 24.2 Å². The number of aromatic nitrogens is 1. The van der Waals surface area contributed by atoms with Gasteiger partial charge in [0.2, 0.25) is 0 Å². The van der Waals surface area contributed by atoms with E-state index in [0.717, 1.165) is 24.6 Å². The predicted molar refractivity (Wildman–Crippen MR) is 119 cm³/mol. The molecule has 33 heavy (non-hydrogen) atoms. The van der Waals surface area contributed by atoms with Crippen LogP contribution in [0.4, 0.5) is 14.8 Å². The van der Waals surface area contributed by atoms with Gasteiger partial charge in [0.15, 0.2) is 11.6 Å². The van der Waals surface area contributed by atoms with Crippen LogP contribution >= 0.6 is 11.6 Å². The number of halogens is 3. The third-order valence-electron chi connectivity index (χ3n) is 5.48. The van der Waals surface area contributed by atoms with Gasteiger partial charge in [0.25, 0.3) is 10.0 Å². The van der Waals surface area contributed by atoms with Crippen molar-refractivity contribution in [2.75, 3.05) is 24.4 Å². The molecule has 2 N–H and O–H groups in total. The average molecular weight is 498 g/mol. The quantitative estimate of drug-likeness (QED) is 0.499. The molecule has 0 spiro atoms. The van der Waals surface area contributed by atoms with Crippen LogP contribution in [0, 0.1) is 24.5 Å². The molecule has 1 fully saturated rings. The monoisotopic (exact) mass is 497 g/mol. The highest BCUT2D eigenvalue weighted by Crippen LogP contribution is 2.33. The highest BCUT2D eigenvalue weighted by molar-refractivity contribution is 7.92. The number of benzene rings is 2. The first-order valence-corrected chi connectivity index (χ1v) is 12.1. The topological polar surface area (TPSA) is 93.5 Å². The molecule has 4 rings (SSSR count). The van der Waals surface area contributed by atoms with Gasteiger partial charge < -0.3 is 14.5 Å². The molecule has 2 aromatic carbocycles. The lowest BCUT2D eigenvalue weighted by atomic mass is 9.81. The molecule has 3 aromatic rings. The third-order valence-corrected chi connectivity index (χ3v) is 7.06. The molecule has 11 heteroatoms. The maximum Gasteiger partial charge on any atom is 0.309 e. The number of nitrogens with one attached hydrogen (secondary N) is 2. The van der Waals surface area contributed by atoms with E-state index >= 15 is 0 Å². The van der Waals surface area contributed by atoms with E-state index in [2.05, 4.69) is 10.3 Å². The van der Waals surface area contributed by atoms with Gasteiger partial charge in [-0.3, -0.25) is 0 Å². The first-order chi connectivity index (χ1) is 15.7. The number of piperidine rings is 1. The van der Waals surface area contributed by atoms with Crippen LogP contribution in [-0.2, 0) is 10.0 Å². The van der Waals surface area contributed by atoms with E-state index < -0.39 is 26.6 Å². The minimum Gasteiger partial charge on any atom is -0.490 e. The van der Waals surface area contributed by atoms with Gasteiger partial charge in [0.05, 0.1) is 12.8 Å². The van der Waals surface area contributed by atoms with Crippen LogP contribution in [0.15, 0.2) is 51.9 Å². The fraction of sp³-hybridized carbons (Fsp3) is 0.318. The minimum atomic E-state index is -4.45. The molecule has 7 nitrogen and oxygen atoms in total. The van der Waals surface area contributed by atoms with Gasteiger partial charge in [-0.1, -0.05) is 23.7 Å². The Balaban J connectivity index is 1.49. The molecule has 176 valence electrons. The smallest absolute Gasteiger partial charge is 0.309 e. The van der Waals surface area contributed by atoms with E-state index in [1.165, 1.54) is 6.20 Å². The van der Waals surface area contributed by atoms with Gasteiger partial charge >= 0.3 is 6.01 Å². The summed E-state index contributed by atoms with van der Waals surface area (Å²) in [5.41, 5.74) is 1.09. The molecule has 1 aromatic heterocycles. The van der Waals surface area contributed by atoms with E-state index in [0.29, 0.717) is 23.4 Å². The predicted octanol–water partition coefficient (Wildman–Crippen LogP) is 4.49. The van der Waals surface area contributed by atoms with Crippen molar-refractivity contribution in [1.29, 1.82) is 0 Å². The van der Waals surface area contributed by atoms with Crippen LogP contribution < -0.4 is 14.8 Å². The molecule has 0 saturated carbocycles. The standard InChI is InChI=1S/C22H22ClF2N3O4S/c1-13-10-27-22(32-13)28-33(29,30)21-9-18(24)20(8-19(21)25)31-12-15-11-26-7-6-17(15)14-2-4-16(23)5-3-14/h2-5,8-10,15,17,26H,6-7,11-12H2,1H3,(H,27,28)/t15-,17?/m0/s1. The van der Waals surface area contributed by atoms with Crippen molar-refractivity contribution in [3.63, 3.8) is 0 Å². The maximum absolute atomic E-state index is 14.7. The Bertz CT molecular complexity index is 1230.